The minimum Gasteiger partial charge on any atom is -0.397 e. The van der Waals surface area contributed by atoms with Crippen LogP contribution in [0.3, 0.4) is 0 Å². The first kappa shape index (κ1) is 11.4. The third-order valence-corrected chi connectivity index (χ3v) is 3.51. The molecule has 16 heavy (non-hydrogen) atoms. The van der Waals surface area contributed by atoms with Gasteiger partial charge in [-0.05, 0) is 43.5 Å². The summed E-state index contributed by atoms with van der Waals surface area (Å²) in [5.74, 6) is 0. The Kier molecular flexibility index (Phi) is 3.15. The summed E-state index contributed by atoms with van der Waals surface area (Å²) in [7, 11) is 0. The van der Waals surface area contributed by atoms with E-state index in [0.717, 1.165) is 31.0 Å². The van der Waals surface area contributed by atoms with E-state index in [1.165, 1.54) is 12.8 Å². The number of nitrogens with two attached hydrogens (primary N) is 1. The van der Waals surface area contributed by atoms with Gasteiger partial charge in [0, 0.05) is 12.7 Å². The van der Waals surface area contributed by atoms with Gasteiger partial charge in [-0.2, -0.15) is 0 Å². The van der Waals surface area contributed by atoms with Crippen LogP contribution < -0.4 is 5.73 Å². The average molecular weight is 219 g/mol. The van der Waals surface area contributed by atoms with E-state index in [-0.39, 0.29) is 0 Å². The predicted molar refractivity (Wildman–Crippen MR) is 66.9 cm³/mol. The summed E-state index contributed by atoms with van der Waals surface area (Å²) >= 11 is 0. The summed E-state index contributed by atoms with van der Waals surface area (Å²) in [4.78, 5) is 6.79. The molecule has 0 amide bonds. The zero-order chi connectivity index (χ0) is 11.6. The van der Waals surface area contributed by atoms with E-state index >= 15 is 0 Å². The number of aromatic nitrogens is 1. The summed E-state index contributed by atoms with van der Waals surface area (Å²) in [6, 6.07) is 3.81. The van der Waals surface area contributed by atoms with E-state index in [9.17, 15) is 0 Å². The van der Waals surface area contributed by atoms with Crippen LogP contribution in [0.15, 0.2) is 18.3 Å². The molecule has 3 nitrogen and oxygen atoms in total. The van der Waals surface area contributed by atoms with Gasteiger partial charge in [-0.1, -0.05) is 13.8 Å². The topological polar surface area (TPSA) is 42.2 Å². The van der Waals surface area contributed by atoms with Crippen LogP contribution in [0.5, 0.6) is 0 Å². The lowest BCUT2D eigenvalue weighted by Gasteiger charge is -2.36. The maximum atomic E-state index is 5.90. The fourth-order valence-corrected chi connectivity index (χ4v) is 2.11. The van der Waals surface area contributed by atoms with Gasteiger partial charge in [0.1, 0.15) is 0 Å². The molecule has 1 saturated heterocycles. The van der Waals surface area contributed by atoms with Crippen molar-refractivity contribution < 1.29 is 0 Å². The van der Waals surface area contributed by atoms with E-state index < -0.39 is 0 Å². The molecule has 0 atom stereocenters. The number of hydrogen-bond acceptors (Lipinski definition) is 3. The molecule has 2 rings (SSSR count). The van der Waals surface area contributed by atoms with E-state index in [1.807, 2.05) is 18.3 Å². The number of piperidine rings is 1. The van der Waals surface area contributed by atoms with E-state index in [0.29, 0.717) is 5.41 Å². The standard InChI is InChI=1S/C13H21N3/c1-13(2)5-8-16(9-6-13)10-12-11(14)4-3-7-15-12/h3-4,7H,5-6,8-10,14H2,1-2H3. The number of pyridine rings is 1. The first-order valence-corrected chi connectivity index (χ1v) is 5.99. The Hall–Kier alpha value is -1.09. The van der Waals surface area contributed by atoms with Gasteiger partial charge in [-0.15, -0.1) is 0 Å². The highest BCUT2D eigenvalue weighted by Crippen LogP contribution is 2.30. The Bertz CT molecular complexity index is 350. The molecule has 2 N–H and O–H groups in total. The molecule has 1 fully saturated rings. The number of anilines is 1. The first-order valence-electron chi connectivity index (χ1n) is 5.99. The van der Waals surface area contributed by atoms with Crippen LogP contribution in [0.25, 0.3) is 0 Å². The van der Waals surface area contributed by atoms with Gasteiger partial charge in [0.15, 0.2) is 0 Å². The number of nitrogens with zero attached hydrogens (tertiary/aromatic N) is 2. The molecule has 1 aliphatic heterocycles. The van der Waals surface area contributed by atoms with E-state index in [1.54, 1.807) is 0 Å². The second-order valence-corrected chi connectivity index (χ2v) is 5.48. The first-order chi connectivity index (χ1) is 7.57. The van der Waals surface area contributed by atoms with Crippen LogP contribution in [0.1, 0.15) is 32.4 Å². The largest absolute Gasteiger partial charge is 0.397 e. The maximum absolute atomic E-state index is 5.90. The number of nitrogen functional groups attached to an aromatic ring is 1. The summed E-state index contributed by atoms with van der Waals surface area (Å²) in [6.07, 6.45) is 4.35. The monoisotopic (exact) mass is 219 g/mol. The molecule has 0 aliphatic carbocycles. The van der Waals surface area contributed by atoms with Crippen molar-refractivity contribution in [3.63, 3.8) is 0 Å². The fraction of sp³-hybridized carbons (Fsp3) is 0.615. The van der Waals surface area contributed by atoms with Crippen molar-refractivity contribution in [3.05, 3.63) is 24.0 Å². The van der Waals surface area contributed by atoms with E-state index in [2.05, 4.69) is 23.7 Å². The van der Waals surface area contributed by atoms with Gasteiger partial charge in [-0.3, -0.25) is 9.88 Å². The lowest BCUT2D eigenvalue weighted by Crippen LogP contribution is -2.37. The lowest BCUT2D eigenvalue weighted by molar-refractivity contribution is 0.126. The van der Waals surface area contributed by atoms with Crippen LogP contribution in [-0.2, 0) is 6.54 Å². The summed E-state index contributed by atoms with van der Waals surface area (Å²) in [6.45, 7) is 7.90. The van der Waals surface area contributed by atoms with Crippen LogP contribution >= 0.6 is 0 Å². The van der Waals surface area contributed by atoms with Gasteiger partial charge in [0.2, 0.25) is 0 Å². The second-order valence-electron chi connectivity index (χ2n) is 5.48. The van der Waals surface area contributed by atoms with Gasteiger partial charge >= 0.3 is 0 Å². The third-order valence-electron chi connectivity index (χ3n) is 3.51. The van der Waals surface area contributed by atoms with Crippen LogP contribution in [0.4, 0.5) is 5.69 Å². The van der Waals surface area contributed by atoms with Crippen LogP contribution in [0, 0.1) is 5.41 Å². The molecule has 0 aromatic carbocycles. The third kappa shape index (κ3) is 2.73. The highest BCUT2D eigenvalue weighted by atomic mass is 15.1. The summed E-state index contributed by atoms with van der Waals surface area (Å²) in [5, 5.41) is 0. The van der Waals surface area contributed by atoms with Crippen molar-refractivity contribution in [1.29, 1.82) is 0 Å². The smallest absolute Gasteiger partial charge is 0.0772 e. The number of likely N-dealkylation sites (tertiary alicyclic amines) is 1. The predicted octanol–water partition coefficient (Wildman–Crippen LogP) is 2.29. The van der Waals surface area contributed by atoms with Crippen LogP contribution in [-0.4, -0.2) is 23.0 Å². The minimum atomic E-state index is 0.506. The SMILES string of the molecule is CC1(C)CCN(Cc2ncccc2N)CC1. The zero-order valence-corrected chi connectivity index (χ0v) is 10.2. The lowest BCUT2D eigenvalue weighted by atomic mass is 9.82. The van der Waals surface area contributed by atoms with Crippen molar-refractivity contribution in [3.8, 4) is 0 Å². The van der Waals surface area contributed by atoms with E-state index in [4.69, 9.17) is 5.73 Å². The van der Waals surface area contributed by atoms with Crippen molar-refractivity contribution in [2.45, 2.75) is 33.2 Å². The fourth-order valence-electron chi connectivity index (χ4n) is 2.11. The highest BCUT2D eigenvalue weighted by molar-refractivity contribution is 5.41. The molecule has 2 heterocycles. The summed E-state index contributed by atoms with van der Waals surface area (Å²) in [5.41, 5.74) is 8.24. The Morgan fingerprint density at radius 2 is 2.06 bits per heavy atom. The normalized spacial score (nSPS) is 20.9. The zero-order valence-electron chi connectivity index (χ0n) is 10.2. The van der Waals surface area contributed by atoms with Gasteiger partial charge < -0.3 is 5.73 Å². The Balaban J connectivity index is 1.95. The number of hydrogen-bond donors (Lipinski definition) is 1. The molecular weight excluding hydrogens is 198 g/mol. The van der Waals surface area contributed by atoms with Crippen LogP contribution in [0.2, 0.25) is 0 Å². The van der Waals surface area contributed by atoms with Gasteiger partial charge in [0.25, 0.3) is 0 Å². The maximum Gasteiger partial charge on any atom is 0.0772 e. The molecule has 3 heteroatoms. The van der Waals surface area contributed by atoms with Gasteiger partial charge in [0.05, 0.1) is 11.4 Å². The Labute approximate surface area is 97.7 Å². The molecule has 0 unspecified atom stereocenters. The Morgan fingerprint density at radius 3 is 2.69 bits per heavy atom. The van der Waals surface area contributed by atoms with Crippen molar-refractivity contribution >= 4 is 5.69 Å². The summed E-state index contributed by atoms with van der Waals surface area (Å²) < 4.78 is 0. The Morgan fingerprint density at radius 1 is 1.38 bits per heavy atom. The highest BCUT2D eigenvalue weighted by Gasteiger charge is 2.25. The molecule has 0 radical (unpaired) electrons. The molecule has 0 spiro atoms. The van der Waals surface area contributed by atoms with Crippen molar-refractivity contribution in [2.24, 2.45) is 5.41 Å². The molecule has 1 aromatic rings. The van der Waals surface area contributed by atoms with Gasteiger partial charge in [-0.25, -0.2) is 0 Å². The minimum absolute atomic E-state index is 0.506. The average Bonchev–Trinajstić information content (AvgIpc) is 2.24. The molecule has 0 bridgehead atoms. The molecule has 0 saturated carbocycles. The van der Waals surface area contributed by atoms with Crippen molar-refractivity contribution in [2.75, 3.05) is 18.8 Å². The number of rotatable bonds is 2. The van der Waals surface area contributed by atoms with Crippen molar-refractivity contribution in [1.82, 2.24) is 9.88 Å². The quantitative estimate of drug-likeness (QED) is 0.829. The molecule has 88 valence electrons. The molecular formula is C13H21N3. The molecule has 1 aliphatic rings. The molecule has 1 aromatic heterocycles. The second kappa shape index (κ2) is 4.42.